The van der Waals surface area contributed by atoms with Crippen LogP contribution in [0.15, 0.2) is 24.3 Å². The summed E-state index contributed by atoms with van der Waals surface area (Å²) in [5.74, 6) is 0.218. The lowest BCUT2D eigenvalue weighted by Crippen LogP contribution is -2.30. The first kappa shape index (κ1) is 17.3. The molecule has 0 heterocycles. The van der Waals surface area contributed by atoms with Crippen molar-refractivity contribution in [1.29, 1.82) is 0 Å². The van der Waals surface area contributed by atoms with Crippen LogP contribution in [-0.4, -0.2) is 37.6 Å². The molecule has 1 amide bonds. The van der Waals surface area contributed by atoms with Crippen LogP contribution in [-0.2, 0) is 11.0 Å². The summed E-state index contributed by atoms with van der Waals surface area (Å²) in [5, 5.41) is 0. The fraction of sp³-hybridized carbons (Fsp3) is 0.500. The number of benzene rings is 1. The van der Waals surface area contributed by atoms with Crippen molar-refractivity contribution in [3.05, 3.63) is 29.8 Å². The zero-order valence-corrected chi connectivity index (χ0v) is 11.8. The molecule has 0 saturated heterocycles. The number of ether oxygens (including phenoxy) is 1. The molecular formula is C14H19F3N2O2. The van der Waals surface area contributed by atoms with Crippen LogP contribution in [0.2, 0.25) is 0 Å². The van der Waals surface area contributed by atoms with Crippen molar-refractivity contribution < 1.29 is 22.7 Å². The summed E-state index contributed by atoms with van der Waals surface area (Å²) < 4.78 is 42.4. The maximum absolute atomic E-state index is 12.4. The second kappa shape index (κ2) is 7.87. The van der Waals surface area contributed by atoms with Gasteiger partial charge in [0.2, 0.25) is 5.91 Å². The molecule has 1 aromatic carbocycles. The van der Waals surface area contributed by atoms with Crippen LogP contribution >= 0.6 is 0 Å². The number of nitrogens with two attached hydrogens (primary N) is 1. The predicted octanol–water partition coefficient (Wildman–Crippen LogP) is 2.28. The molecule has 1 aromatic rings. The SMILES string of the molecule is CN(CCCN)C(=O)CCOc1ccc(C(F)(F)F)cc1. The van der Waals surface area contributed by atoms with Gasteiger partial charge in [-0.1, -0.05) is 0 Å². The van der Waals surface area contributed by atoms with Gasteiger partial charge in [-0.05, 0) is 37.2 Å². The summed E-state index contributed by atoms with van der Waals surface area (Å²) >= 11 is 0. The van der Waals surface area contributed by atoms with Gasteiger partial charge in [0.05, 0.1) is 18.6 Å². The van der Waals surface area contributed by atoms with Gasteiger partial charge in [0.25, 0.3) is 0 Å². The van der Waals surface area contributed by atoms with Gasteiger partial charge in [0, 0.05) is 13.6 Å². The fourth-order valence-electron chi connectivity index (χ4n) is 1.64. The third-order valence-electron chi connectivity index (χ3n) is 2.89. The summed E-state index contributed by atoms with van der Waals surface area (Å²) in [6.07, 6.45) is -3.47. The lowest BCUT2D eigenvalue weighted by Gasteiger charge is -2.16. The molecule has 0 radical (unpaired) electrons. The van der Waals surface area contributed by atoms with Crippen molar-refractivity contribution in [3.8, 4) is 5.75 Å². The minimum absolute atomic E-state index is 0.0876. The van der Waals surface area contributed by atoms with E-state index in [0.717, 1.165) is 18.6 Å². The molecule has 2 N–H and O–H groups in total. The molecule has 21 heavy (non-hydrogen) atoms. The first-order chi connectivity index (χ1) is 9.84. The van der Waals surface area contributed by atoms with Gasteiger partial charge in [-0.2, -0.15) is 13.2 Å². The normalized spacial score (nSPS) is 11.3. The Bertz CT molecular complexity index is 447. The van der Waals surface area contributed by atoms with E-state index in [1.807, 2.05) is 0 Å². The Kier molecular flexibility index (Phi) is 6.48. The Morgan fingerprint density at radius 2 is 1.90 bits per heavy atom. The van der Waals surface area contributed by atoms with E-state index in [-0.39, 0.29) is 18.9 Å². The standard InChI is InChI=1S/C14H19F3N2O2/c1-19(9-2-8-18)13(20)7-10-21-12-5-3-11(4-6-12)14(15,16)17/h3-6H,2,7-10,18H2,1H3. The number of rotatable bonds is 7. The van der Waals surface area contributed by atoms with E-state index in [1.165, 1.54) is 12.1 Å². The Balaban J connectivity index is 2.37. The summed E-state index contributed by atoms with van der Waals surface area (Å²) in [7, 11) is 1.68. The van der Waals surface area contributed by atoms with Crippen LogP contribution in [0.5, 0.6) is 5.75 Å². The Morgan fingerprint density at radius 3 is 2.43 bits per heavy atom. The highest BCUT2D eigenvalue weighted by atomic mass is 19.4. The van der Waals surface area contributed by atoms with Gasteiger partial charge < -0.3 is 15.4 Å². The zero-order valence-electron chi connectivity index (χ0n) is 11.8. The van der Waals surface area contributed by atoms with Crippen molar-refractivity contribution >= 4 is 5.91 Å². The predicted molar refractivity (Wildman–Crippen MR) is 72.9 cm³/mol. The van der Waals surface area contributed by atoms with E-state index < -0.39 is 11.7 Å². The number of amides is 1. The van der Waals surface area contributed by atoms with Crippen LogP contribution < -0.4 is 10.5 Å². The van der Waals surface area contributed by atoms with E-state index >= 15 is 0 Å². The summed E-state index contributed by atoms with van der Waals surface area (Å²) in [6, 6.07) is 4.38. The molecule has 7 heteroatoms. The van der Waals surface area contributed by atoms with Gasteiger partial charge in [-0.25, -0.2) is 0 Å². The third kappa shape index (κ3) is 6.03. The molecule has 0 fully saturated rings. The van der Waals surface area contributed by atoms with Gasteiger partial charge >= 0.3 is 6.18 Å². The molecule has 0 atom stereocenters. The molecule has 0 bridgehead atoms. The number of hydrogen-bond donors (Lipinski definition) is 1. The molecule has 118 valence electrons. The Labute approximate surface area is 121 Å². The van der Waals surface area contributed by atoms with Gasteiger partial charge in [-0.3, -0.25) is 4.79 Å². The second-order valence-electron chi connectivity index (χ2n) is 4.58. The Morgan fingerprint density at radius 1 is 1.29 bits per heavy atom. The zero-order chi connectivity index (χ0) is 15.9. The maximum Gasteiger partial charge on any atom is 0.416 e. The number of carbonyl (C=O) groups is 1. The van der Waals surface area contributed by atoms with E-state index in [9.17, 15) is 18.0 Å². The molecule has 1 rings (SSSR count). The maximum atomic E-state index is 12.4. The fourth-order valence-corrected chi connectivity index (χ4v) is 1.64. The quantitative estimate of drug-likeness (QED) is 0.841. The number of alkyl halides is 3. The van der Waals surface area contributed by atoms with E-state index in [4.69, 9.17) is 10.5 Å². The average Bonchev–Trinajstić information content (AvgIpc) is 2.44. The van der Waals surface area contributed by atoms with Crippen molar-refractivity contribution in [1.82, 2.24) is 4.90 Å². The van der Waals surface area contributed by atoms with Crippen LogP contribution in [0.1, 0.15) is 18.4 Å². The minimum Gasteiger partial charge on any atom is -0.493 e. The largest absolute Gasteiger partial charge is 0.493 e. The topological polar surface area (TPSA) is 55.6 Å². The number of hydrogen-bond acceptors (Lipinski definition) is 3. The Hall–Kier alpha value is -1.76. The second-order valence-corrected chi connectivity index (χ2v) is 4.58. The van der Waals surface area contributed by atoms with Crippen LogP contribution in [0.3, 0.4) is 0 Å². The summed E-state index contributed by atoms with van der Waals surface area (Å²) in [4.78, 5) is 13.2. The van der Waals surface area contributed by atoms with Crippen LogP contribution in [0.4, 0.5) is 13.2 Å². The molecule has 0 unspecified atom stereocenters. The smallest absolute Gasteiger partial charge is 0.416 e. The highest BCUT2D eigenvalue weighted by molar-refractivity contribution is 5.75. The molecule has 0 aliphatic heterocycles. The highest BCUT2D eigenvalue weighted by Gasteiger charge is 2.29. The van der Waals surface area contributed by atoms with Crippen molar-refractivity contribution in [2.75, 3.05) is 26.7 Å². The van der Waals surface area contributed by atoms with Crippen molar-refractivity contribution in [2.24, 2.45) is 5.73 Å². The molecule has 0 saturated carbocycles. The molecule has 0 aliphatic rings. The number of carbonyl (C=O) groups excluding carboxylic acids is 1. The summed E-state index contributed by atoms with van der Waals surface area (Å²) in [5.41, 5.74) is 4.62. The lowest BCUT2D eigenvalue weighted by atomic mass is 10.2. The highest BCUT2D eigenvalue weighted by Crippen LogP contribution is 2.30. The van der Waals surface area contributed by atoms with Crippen LogP contribution in [0, 0.1) is 0 Å². The summed E-state index contributed by atoms with van der Waals surface area (Å²) in [6.45, 7) is 1.21. The van der Waals surface area contributed by atoms with E-state index in [0.29, 0.717) is 18.8 Å². The third-order valence-corrected chi connectivity index (χ3v) is 2.89. The minimum atomic E-state index is -4.36. The van der Waals surface area contributed by atoms with Gasteiger partial charge in [0.15, 0.2) is 0 Å². The number of nitrogens with zero attached hydrogens (tertiary/aromatic N) is 1. The molecule has 4 nitrogen and oxygen atoms in total. The average molecular weight is 304 g/mol. The van der Waals surface area contributed by atoms with E-state index in [1.54, 1.807) is 11.9 Å². The van der Waals surface area contributed by atoms with Crippen molar-refractivity contribution in [2.45, 2.75) is 19.0 Å². The molecule has 0 aromatic heterocycles. The first-order valence-electron chi connectivity index (χ1n) is 6.58. The molecule has 0 aliphatic carbocycles. The number of halogens is 3. The molecule has 0 spiro atoms. The van der Waals surface area contributed by atoms with Gasteiger partial charge in [-0.15, -0.1) is 0 Å². The van der Waals surface area contributed by atoms with Crippen molar-refractivity contribution in [3.63, 3.8) is 0 Å². The van der Waals surface area contributed by atoms with E-state index in [2.05, 4.69) is 0 Å². The van der Waals surface area contributed by atoms with Gasteiger partial charge in [0.1, 0.15) is 5.75 Å². The molecular weight excluding hydrogens is 285 g/mol. The lowest BCUT2D eigenvalue weighted by molar-refractivity contribution is -0.137. The van der Waals surface area contributed by atoms with Crippen LogP contribution in [0.25, 0.3) is 0 Å². The first-order valence-corrected chi connectivity index (χ1v) is 6.58. The monoisotopic (exact) mass is 304 g/mol.